The van der Waals surface area contributed by atoms with Gasteiger partial charge in [0.05, 0.1) is 5.60 Å². The number of halogens is 2. The zero-order chi connectivity index (χ0) is 14.8. The van der Waals surface area contributed by atoms with Crippen molar-refractivity contribution in [2.45, 2.75) is 58.0 Å². The summed E-state index contributed by atoms with van der Waals surface area (Å²) in [6.45, 7) is 4.42. The molecule has 2 atom stereocenters. The second kappa shape index (κ2) is 6.44. The number of hydrogen-bond acceptors (Lipinski definition) is 1. The first-order valence-corrected chi connectivity index (χ1v) is 7.93. The fourth-order valence-electron chi connectivity index (χ4n) is 3.52. The first-order valence-electron chi connectivity index (χ1n) is 7.55. The Labute approximate surface area is 126 Å². The third-order valence-electron chi connectivity index (χ3n) is 4.30. The average Bonchev–Trinajstić information content (AvgIpc) is 2.33. The second-order valence-electron chi connectivity index (χ2n) is 6.69. The fraction of sp³-hybridized carbons (Fsp3) is 0.647. The van der Waals surface area contributed by atoms with Gasteiger partial charge in [0.25, 0.3) is 0 Å². The van der Waals surface area contributed by atoms with Crippen LogP contribution in [0.25, 0.3) is 0 Å². The van der Waals surface area contributed by atoms with E-state index in [0.717, 1.165) is 25.7 Å². The highest BCUT2D eigenvalue weighted by atomic mass is 35.5. The van der Waals surface area contributed by atoms with Gasteiger partial charge in [0.2, 0.25) is 0 Å². The summed E-state index contributed by atoms with van der Waals surface area (Å²) in [6, 6.07) is 4.71. The van der Waals surface area contributed by atoms with Gasteiger partial charge in [0.1, 0.15) is 5.82 Å². The predicted octanol–water partition coefficient (Wildman–Crippen LogP) is 4.99. The molecule has 1 fully saturated rings. The second-order valence-corrected chi connectivity index (χ2v) is 7.10. The number of benzene rings is 1. The molecular weight excluding hydrogens is 275 g/mol. The molecule has 0 spiro atoms. The Kier molecular flexibility index (Phi) is 5.09. The summed E-state index contributed by atoms with van der Waals surface area (Å²) >= 11 is 6.08. The topological polar surface area (TPSA) is 20.2 Å². The first-order chi connectivity index (χ1) is 9.39. The van der Waals surface area contributed by atoms with Crippen molar-refractivity contribution < 1.29 is 9.50 Å². The number of rotatable bonds is 4. The Bertz CT molecular complexity index is 440. The molecule has 1 nitrogen and oxygen atoms in total. The molecule has 112 valence electrons. The number of aliphatic hydroxyl groups is 1. The zero-order valence-corrected chi connectivity index (χ0v) is 13.1. The molecule has 0 bridgehead atoms. The van der Waals surface area contributed by atoms with Crippen molar-refractivity contribution in [3.05, 3.63) is 34.6 Å². The molecule has 3 heteroatoms. The lowest BCUT2D eigenvalue weighted by molar-refractivity contribution is -0.0195. The summed E-state index contributed by atoms with van der Waals surface area (Å²) in [4.78, 5) is 0. The highest BCUT2D eigenvalue weighted by molar-refractivity contribution is 6.31. The highest BCUT2D eigenvalue weighted by Gasteiger charge is 2.35. The molecule has 1 aliphatic rings. The van der Waals surface area contributed by atoms with E-state index in [9.17, 15) is 9.50 Å². The maximum Gasteiger partial charge on any atom is 0.127 e. The first kappa shape index (κ1) is 15.8. The molecule has 2 rings (SSSR count). The van der Waals surface area contributed by atoms with Crippen molar-refractivity contribution >= 4 is 11.6 Å². The quantitative estimate of drug-likeness (QED) is 0.830. The van der Waals surface area contributed by atoms with E-state index in [1.165, 1.54) is 12.5 Å². The van der Waals surface area contributed by atoms with Crippen LogP contribution in [0.2, 0.25) is 5.02 Å². The average molecular weight is 299 g/mol. The van der Waals surface area contributed by atoms with E-state index >= 15 is 0 Å². The number of hydrogen-bond donors (Lipinski definition) is 1. The standard InChI is InChI=1S/C17H24ClFO/c1-12(2)9-13-5-4-8-17(20,10-13)11-14-15(18)6-3-7-16(14)19/h3,6-7,12-13,20H,4-5,8-11H2,1-2H3. The van der Waals surface area contributed by atoms with Gasteiger partial charge in [0, 0.05) is 17.0 Å². The summed E-state index contributed by atoms with van der Waals surface area (Å²) in [5, 5.41) is 11.3. The van der Waals surface area contributed by atoms with Crippen LogP contribution in [-0.4, -0.2) is 10.7 Å². The Morgan fingerprint density at radius 1 is 1.45 bits per heavy atom. The molecule has 1 N–H and O–H groups in total. The molecule has 1 aliphatic carbocycles. The molecule has 1 saturated carbocycles. The third-order valence-corrected chi connectivity index (χ3v) is 4.65. The van der Waals surface area contributed by atoms with Crippen LogP contribution in [0.3, 0.4) is 0 Å². The van der Waals surface area contributed by atoms with Gasteiger partial charge in [-0.2, -0.15) is 0 Å². The van der Waals surface area contributed by atoms with Gasteiger partial charge in [-0.25, -0.2) is 4.39 Å². The van der Waals surface area contributed by atoms with Gasteiger partial charge < -0.3 is 5.11 Å². The molecule has 1 aromatic rings. The molecule has 0 aliphatic heterocycles. The molecule has 0 radical (unpaired) electrons. The van der Waals surface area contributed by atoms with E-state index < -0.39 is 5.60 Å². The molecule has 2 unspecified atom stereocenters. The highest BCUT2D eigenvalue weighted by Crippen LogP contribution is 2.39. The third kappa shape index (κ3) is 3.95. The van der Waals surface area contributed by atoms with Crippen LogP contribution in [0.15, 0.2) is 18.2 Å². The van der Waals surface area contributed by atoms with Crippen LogP contribution in [0.5, 0.6) is 0 Å². The summed E-state index contributed by atoms with van der Waals surface area (Å²) in [6.07, 6.45) is 5.15. The van der Waals surface area contributed by atoms with Crippen LogP contribution >= 0.6 is 11.6 Å². The van der Waals surface area contributed by atoms with Crippen molar-refractivity contribution in [3.8, 4) is 0 Å². The lowest BCUT2D eigenvalue weighted by atomic mass is 9.73. The Hall–Kier alpha value is -0.600. The predicted molar refractivity (Wildman–Crippen MR) is 81.5 cm³/mol. The minimum atomic E-state index is -0.802. The fourth-order valence-corrected chi connectivity index (χ4v) is 3.75. The SMILES string of the molecule is CC(C)CC1CCCC(O)(Cc2c(F)cccc2Cl)C1. The van der Waals surface area contributed by atoms with Gasteiger partial charge in [-0.1, -0.05) is 44.4 Å². The van der Waals surface area contributed by atoms with Crippen LogP contribution in [0.1, 0.15) is 51.5 Å². The lowest BCUT2D eigenvalue weighted by Crippen LogP contribution is -2.38. The summed E-state index contributed by atoms with van der Waals surface area (Å²) in [7, 11) is 0. The minimum absolute atomic E-state index is 0.308. The van der Waals surface area contributed by atoms with E-state index in [-0.39, 0.29) is 5.82 Å². The van der Waals surface area contributed by atoms with E-state index in [2.05, 4.69) is 13.8 Å². The van der Waals surface area contributed by atoms with Gasteiger partial charge >= 0.3 is 0 Å². The van der Waals surface area contributed by atoms with Crippen LogP contribution in [0, 0.1) is 17.7 Å². The zero-order valence-electron chi connectivity index (χ0n) is 12.3. The monoisotopic (exact) mass is 298 g/mol. The lowest BCUT2D eigenvalue weighted by Gasteiger charge is -2.38. The summed E-state index contributed by atoms with van der Waals surface area (Å²) < 4.78 is 13.9. The Balaban J connectivity index is 2.10. The van der Waals surface area contributed by atoms with Gasteiger partial charge in [0.15, 0.2) is 0 Å². The van der Waals surface area contributed by atoms with Crippen molar-refractivity contribution in [2.75, 3.05) is 0 Å². The molecule has 0 heterocycles. The molecule has 1 aromatic carbocycles. The Morgan fingerprint density at radius 3 is 2.85 bits per heavy atom. The summed E-state index contributed by atoms with van der Waals surface area (Å²) in [5.41, 5.74) is -0.342. The largest absolute Gasteiger partial charge is 0.390 e. The van der Waals surface area contributed by atoms with E-state index in [0.29, 0.717) is 28.8 Å². The smallest absolute Gasteiger partial charge is 0.127 e. The van der Waals surface area contributed by atoms with Crippen LogP contribution in [-0.2, 0) is 6.42 Å². The van der Waals surface area contributed by atoms with Gasteiger partial charge in [-0.05, 0) is 43.2 Å². The van der Waals surface area contributed by atoms with Crippen molar-refractivity contribution in [1.29, 1.82) is 0 Å². The molecule has 0 amide bonds. The molecule has 0 saturated heterocycles. The molecular formula is C17H24ClFO. The summed E-state index contributed by atoms with van der Waals surface area (Å²) in [5.74, 6) is 0.871. The van der Waals surface area contributed by atoms with Crippen LogP contribution in [0.4, 0.5) is 4.39 Å². The van der Waals surface area contributed by atoms with E-state index in [1.807, 2.05) is 0 Å². The molecule has 20 heavy (non-hydrogen) atoms. The van der Waals surface area contributed by atoms with Crippen LogP contribution < -0.4 is 0 Å². The van der Waals surface area contributed by atoms with E-state index in [1.54, 1.807) is 12.1 Å². The Morgan fingerprint density at radius 2 is 2.20 bits per heavy atom. The van der Waals surface area contributed by atoms with Crippen molar-refractivity contribution in [3.63, 3.8) is 0 Å². The van der Waals surface area contributed by atoms with Crippen molar-refractivity contribution in [2.24, 2.45) is 11.8 Å². The normalized spacial score (nSPS) is 27.0. The van der Waals surface area contributed by atoms with Crippen molar-refractivity contribution in [1.82, 2.24) is 0 Å². The maximum absolute atomic E-state index is 13.9. The van der Waals surface area contributed by atoms with E-state index in [4.69, 9.17) is 11.6 Å². The maximum atomic E-state index is 13.9. The van der Waals surface area contributed by atoms with Gasteiger partial charge in [-0.15, -0.1) is 0 Å². The van der Waals surface area contributed by atoms with Gasteiger partial charge in [-0.3, -0.25) is 0 Å². The molecule has 0 aromatic heterocycles. The minimum Gasteiger partial charge on any atom is -0.390 e.